The van der Waals surface area contributed by atoms with E-state index in [1.54, 1.807) is 30.5 Å². The molecule has 0 saturated carbocycles. The number of aryl methyl sites for hydroxylation is 2. The maximum Gasteiger partial charge on any atom is 0.251 e. The fourth-order valence-corrected chi connectivity index (χ4v) is 2.82. The fourth-order valence-electron chi connectivity index (χ4n) is 2.82. The molecule has 2 aromatic carbocycles. The number of hydrogen-bond donors (Lipinski definition) is 1. The molecule has 1 aromatic heterocycles. The number of imidazole rings is 1. The summed E-state index contributed by atoms with van der Waals surface area (Å²) in [5, 5.41) is 3.04. The average Bonchev–Trinajstić information content (AvgIpc) is 3.05. The summed E-state index contributed by atoms with van der Waals surface area (Å²) >= 11 is 0. The molecule has 1 N–H and O–H groups in total. The first-order valence-electron chi connectivity index (χ1n) is 8.60. The second kappa shape index (κ2) is 7.87. The zero-order valence-electron chi connectivity index (χ0n) is 15.3. The highest BCUT2D eigenvalue weighted by molar-refractivity contribution is 5.94. The summed E-state index contributed by atoms with van der Waals surface area (Å²) < 4.78 is 7.63. The van der Waals surface area contributed by atoms with Crippen molar-refractivity contribution in [3.05, 3.63) is 83.4 Å². The Labute approximate surface area is 153 Å². The number of amides is 1. The molecule has 5 nitrogen and oxygen atoms in total. The molecule has 0 aliphatic rings. The van der Waals surface area contributed by atoms with Gasteiger partial charge in [0, 0.05) is 25.0 Å². The molecule has 0 unspecified atom stereocenters. The molecule has 3 rings (SSSR count). The predicted molar refractivity (Wildman–Crippen MR) is 101 cm³/mol. The number of hydrogen-bond acceptors (Lipinski definition) is 3. The van der Waals surface area contributed by atoms with Gasteiger partial charge in [-0.15, -0.1) is 0 Å². The fraction of sp³-hybridized carbons (Fsp3) is 0.238. The molecule has 134 valence electrons. The van der Waals surface area contributed by atoms with E-state index in [-0.39, 0.29) is 11.9 Å². The number of rotatable bonds is 6. The first-order valence-corrected chi connectivity index (χ1v) is 8.60. The highest BCUT2D eigenvalue weighted by Crippen LogP contribution is 2.18. The van der Waals surface area contributed by atoms with Gasteiger partial charge in [0.2, 0.25) is 0 Å². The van der Waals surface area contributed by atoms with Crippen LogP contribution in [0.15, 0.2) is 60.9 Å². The number of benzene rings is 2. The van der Waals surface area contributed by atoms with Crippen molar-refractivity contribution < 1.29 is 9.53 Å². The van der Waals surface area contributed by atoms with Crippen molar-refractivity contribution in [1.82, 2.24) is 14.9 Å². The Morgan fingerprint density at radius 3 is 2.58 bits per heavy atom. The molecule has 3 aromatic rings. The molecule has 1 atom stereocenters. The van der Waals surface area contributed by atoms with Crippen molar-refractivity contribution >= 4 is 5.91 Å². The van der Waals surface area contributed by atoms with Crippen LogP contribution in [0.1, 0.15) is 40.3 Å². The second-order valence-corrected chi connectivity index (χ2v) is 6.32. The molecular weight excluding hydrogens is 326 g/mol. The Kier molecular flexibility index (Phi) is 5.37. The van der Waals surface area contributed by atoms with Crippen molar-refractivity contribution in [2.75, 3.05) is 0 Å². The van der Waals surface area contributed by atoms with E-state index in [2.05, 4.69) is 10.3 Å². The molecule has 26 heavy (non-hydrogen) atoms. The highest BCUT2D eigenvalue weighted by Gasteiger charge is 2.13. The third kappa shape index (κ3) is 4.11. The van der Waals surface area contributed by atoms with Crippen LogP contribution in [-0.2, 0) is 13.7 Å². The summed E-state index contributed by atoms with van der Waals surface area (Å²) in [6.45, 7) is 4.43. The summed E-state index contributed by atoms with van der Waals surface area (Å²) in [4.78, 5) is 16.7. The van der Waals surface area contributed by atoms with Gasteiger partial charge in [-0.2, -0.15) is 0 Å². The molecule has 5 heteroatoms. The zero-order valence-corrected chi connectivity index (χ0v) is 15.3. The first-order chi connectivity index (χ1) is 12.5. The van der Waals surface area contributed by atoms with E-state index in [9.17, 15) is 4.79 Å². The highest BCUT2D eigenvalue weighted by atomic mass is 16.5. The normalized spacial score (nSPS) is 11.8. The van der Waals surface area contributed by atoms with Gasteiger partial charge in [0.05, 0.1) is 6.04 Å². The van der Waals surface area contributed by atoms with Crippen molar-refractivity contribution in [1.29, 1.82) is 0 Å². The minimum atomic E-state index is -0.101. The molecule has 0 radical (unpaired) electrons. The van der Waals surface area contributed by atoms with Crippen LogP contribution < -0.4 is 10.1 Å². The lowest BCUT2D eigenvalue weighted by Gasteiger charge is -2.16. The van der Waals surface area contributed by atoms with Crippen LogP contribution in [-0.4, -0.2) is 15.5 Å². The molecule has 1 heterocycles. The van der Waals surface area contributed by atoms with Gasteiger partial charge in [-0.1, -0.05) is 24.3 Å². The standard InChI is InChI=1S/C21H23N3O2/c1-15-6-4-5-7-19(15)16(2)23-21(25)17-8-10-18(11-9-17)26-14-20-22-12-13-24(20)3/h4-13,16H,14H2,1-3H3,(H,23,25)/t16-/m0/s1. The monoisotopic (exact) mass is 349 g/mol. The van der Waals surface area contributed by atoms with Crippen LogP contribution in [0.4, 0.5) is 0 Å². The molecule has 1 amide bonds. The van der Waals surface area contributed by atoms with Gasteiger partial charge in [-0.05, 0) is 49.2 Å². The minimum Gasteiger partial charge on any atom is -0.486 e. The summed E-state index contributed by atoms with van der Waals surface area (Å²) in [6, 6.07) is 15.2. The van der Waals surface area contributed by atoms with Crippen LogP contribution in [0.25, 0.3) is 0 Å². The quantitative estimate of drug-likeness (QED) is 0.736. The number of carbonyl (C=O) groups excluding carboxylic acids is 1. The van der Waals surface area contributed by atoms with Gasteiger partial charge in [-0.25, -0.2) is 4.98 Å². The van der Waals surface area contributed by atoms with Crippen molar-refractivity contribution in [2.24, 2.45) is 7.05 Å². The Hall–Kier alpha value is -3.08. The topological polar surface area (TPSA) is 56.1 Å². The van der Waals surface area contributed by atoms with Crippen LogP contribution in [0.3, 0.4) is 0 Å². The summed E-state index contributed by atoms with van der Waals surface area (Å²) in [5.74, 6) is 1.45. The van der Waals surface area contributed by atoms with Crippen LogP contribution in [0, 0.1) is 6.92 Å². The van der Waals surface area contributed by atoms with Crippen LogP contribution >= 0.6 is 0 Å². The maximum atomic E-state index is 12.5. The first kappa shape index (κ1) is 17.7. The van der Waals surface area contributed by atoms with Gasteiger partial charge in [0.1, 0.15) is 18.2 Å². The Morgan fingerprint density at radius 1 is 1.19 bits per heavy atom. The molecular formula is C21H23N3O2. The summed E-state index contributed by atoms with van der Waals surface area (Å²) in [5.41, 5.74) is 2.89. The molecule has 0 aliphatic carbocycles. The number of nitrogens with zero attached hydrogens (tertiary/aromatic N) is 2. The molecule has 0 bridgehead atoms. The smallest absolute Gasteiger partial charge is 0.251 e. The minimum absolute atomic E-state index is 0.0527. The Bertz CT molecular complexity index is 884. The Balaban J connectivity index is 1.60. The van der Waals surface area contributed by atoms with Gasteiger partial charge in [0.15, 0.2) is 0 Å². The third-order valence-electron chi connectivity index (χ3n) is 4.41. The number of nitrogens with one attached hydrogen (secondary N) is 1. The lowest BCUT2D eigenvalue weighted by Crippen LogP contribution is -2.27. The van der Waals surface area contributed by atoms with Crippen molar-refractivity contribution in [3.8, 4) is 5.75 Å². The lowest BCUT2D eigenvalue weighted by molar-refractivity contribution is 0.0940. The van der Waals surface area contributed by atoms with Crippen molar-refractivity contribution in [3.63, 3.8) is 0 Å². The third-order valence-corrected chi connectivity index (χ3v) is 4.41. The molecule has 0 spiro atoms. The molecule has 0 aliphatic heterocycles. The van der Waals surface area contributed by atoms with E-state index in [1.807, 2.05) is 55.9 Å². The van der Waals surface area contributed by atoms with E-state index in [0.29, 0.717) is 17.9 Å². The number of carbonyl (C=O) groups is 1. The maximum absolute atomic E-state index is 12.5. The van der Waals surface area contributed by atoms with E-state index in [4.69, 9.17) is 4.74 Å². The summed E-state index contributed by atoms with van der Waals surface area (Å²) in [6.07, 6.45) is 3.61. The number of ether oxygens (including phenoxy) is 1. The van der Waals surface area contributed by atoms with Crippen LogP contribution in [0.5, 0.6) is 5.75 Å². The summed E-state index contributed by atoms with van der Waals surface area (Å²) in [7, 11) is 1.93. The predicted octanol–water partition coefficient (Wildman–Crippen LogP) is 3.80. The van der Waals surface area contributed by atoms with Gasteiger partial charge >= 0.3 is 0 Å². The van der Waals surface area contributed by atoms with Gasteiger partial charge in [0.25, 0.3) is 5.91 Å². The molecule has 0 saturated heterocycles. The van der Waals surface area contributed by atoms with E-state index < -0.39 is 0 Å². The largest absolute Gasteiger partial charge is 0.486 e. The second-order valence-electron chi connectivity index (χ2n) is 6.32. The Morgan fingerprint density at radius 2 is 1.92 bits per heavy atom. The van der Waals surface area contributed by atoms with E-state index >= 15 is 0 Å². The lowest BCUT2D eigenvalue weighted by atomic mass is 10.0. The average molecular weight is 349 g/mol. The van der Waals surface area contributed by atoms with E-state index in [1.165, 1.54) is 5.56 Å². The van der Waals surface area contributed by atoms with Crippen molar-refractivity contribution in [2.45, 2.75) is 26.5 Å². The van der Waals surface area contributed by atoms with Gasteiger partial charge in [-0.3, -0.25) is 4.79 Å². The molecule has 0 fully saturated rings. The van der Waals surface area contributed by atoms with Crippen LogP contribution in [0.2, 0.25) is 0 Å². The van der Waals surface area contributed by atoms with E-state index in [0.717, 1.165) is 11.4 Å². The zero-order chi connectivity index (χ0) is 18.5. The van der Waals surface area contributed by atoms with Gasteiger partial charge < -0.3 is 14.6 Å². The number of aromatic nitrogens is 2. The SMILES string of the molecule is Cc1ccccc1[C@H](C)NC(=O)c1ccc(OCc2nccn2C)cc1.